The van der Waals surface area contributed by atoms with Crippen molar-refractivity contribution in [2.24, 2.45) is 5.92 Å². The van der Waals surface area contributed by atoms with E-state index in [9.17, 15) is 9.59 Å². The number of hydrogen-bond acceptors (Lipinski definition) is 4. The van der Waals surface area contributed by atoms with Gasteiger partial charge in [-0.05, 0) is 36.5 Å². The molecule has 1 N–H and O–H groups in total. The lowest BCUT2D eigenvalue weighted by Gasteiger charge is -2.28. The third kappa shape index (κ3) is 4.44. The smallest absolute Gasteiger partial charge is 0.410 e. The molecule has 1 atom stereocenters. The average molecular weight is 346 g/mol. The van der Waals surface area contributed by atoms with Gasteiger partial charge in [0.2, 0.25) is 5.91 Å². The van der Waals surface area contributed by atoms with E-state index in [0.29, 0.717) is 19.0 Å². The molecule has 3 rings (SSSR count). The summed E-state index contributed by atoms with van der Waals surface area (Å²) in [5, 5.41) is 2.91. The van der Waals surface area contributed by atoms with Gasteiger partial charge in [-0.1, -0.05) is 31.4 Å². The van der Waals surface area contributed by atoms with Crippen molar-refractivity contribution in [3.05, 3.63) is 29.8 Å². The van der Waals surface area contributed by atoms with Crippen LogP contribution in [0, 0.1) is 5.92 Å². The van der Waals surface area contributed by atoms with Gasteiger partial charge < -0.3 is 14.8 Å². The second-order valence-electron chi connectivity index (χ2n) is 6.81. The quantitative estimate of drug-likeness (QED) is 0.860. The molecule has 1 aliphatic heterocycles. The predicted molar refractivity (Wildman–Crippen MR) is 93.3 cm³/mol. The van der Waals surface area contributed by atoms with Crippen LogP contribution in [0.25, 0.3) is 0 Å². The first-order chi connectivity index (χ1) is 12.2. The minimum absolute atomic E-state index is 0.139. The number of carbonyl (C=O) groups excluding carboxylic acids is 2. The lowest BCUT2D eigenvalue weighted by molar-refractivity contribution is -0.125. The topological polar surface area (TPSA) is 67.9 Å². The van der Waals surface area contributed by atoms with Crippen LogP contribution in [0.2, 0.25) is 0 Å². The molecule has 6 nitrogen and oxygen atoms in total. The Morgan fingerprint density at radius 2 is 1.96 bits per heavy atom. The molecule has 0 bridgehead atoms. The van der Waals surface area contributed by atoms with Gasteiger partial charge in [0.1, 0.15) is 18.4 Å². The zero-order chi connectivity index (χ0) is 17.6. The molecule has 6 heteroatoms. The van der Waals surface area contributed by atoms with E-state index in [1.165, 1.54) is 19.3 Å². The molecule has 0 radical (unpaired) electrons. The molecule has 136 valence electrons. The number of cyclic esters (lactones) is 1. The molecule has 2 amide bonds. The highest BCUT2D eigenvalue weighted by Crippen LogP contribution is 2.26. The van der Waals surface area contributed by atoms with Gasteiger partial charge in [0, 0.05) is 13.1 Å². The van der Waals surface area contributed by atoms with Crippen molar-refractivity contribution in [2.75, 3.05) is 20.3 Å². The monoisotopic (exact) mass is 346 g/mol. The summed E-state index contributed by atoms with van der Waals surface area (Å²) in [6.07, 6.45) is 5.58. The van der Waals surface area contributed by atoms with Crippen molar-refractivity contribution in [3.8, 4) is 5.75 Å². The summed E-state index contributed by atoms with van der Waals surface area (Å²) in [5.41, 5.74) is 0.984. The summed E-state index contributed by atoms with van der Waals surface area (Å²) in [4.78, 5) is 26.2. The molecule has 0 unspecified atom stereocenters. The van der Waals surface area contributed by atoms with E-state index in [1.54, 1.807) is 12.0 Å². The molecule has 0 aromatic heterocycles. The molecule has 1 saturated carbocycles. The van der Waals surface area contributed by atoms with Crippen molar-refractivity contribution in [1.82, 2.24) is 10.2 Å². The Balaban J connectivity index is 1.54. The molecular formula is C19H26N2O4. The van der Waals surface area contributed by atoms with Gasteiger partial charge in [0.25, 0.3) is 0 Å². The van der Waals surface area contributed by atoms with Gasteiger partial charge in [-0.25, -0.2) is 4.79 Å². The van der Waals surface area contributed by atoms with E-state index in [2.05, 4.69) is 5.32 Å². The second-order valence-corrected chi connectivity index (χ2v) is 6.81. The first-order valence-corrected chi connectivity index (χ1v) is 9.01. The van der Waals surface area contributed by atoms with Crippen molar-refractivity contribution >= 4 is 12.0 Å². The molecule has 1 aliphatic carbocycles. The highest BCUT2D eigenvalue weighted by molar-refractivity contribution is 5.87. The van der Waals surface area contributed by atoms with Crippen LogP contribution >= 0.6 is 0 Å². The number of nitrogens with zero attached hydrogens (tertiary/aromatic N) is 1. The summed E-state index contributed by atoms with van der Waals surface area (Å²) in [7, 11) is 1.62. The zero-order valence-corrected chi connectivity index (χ0v) is 14.7. The fourth-order valence-electron chi connectivity index (χ4n) is 3.57. The number of ether oxygens (including phenoxy) is 2. The molecule has 1 saturated heterocycles. The molecule has 1 aromatic rings. The summed E-state index contributed by atoms with van der Waals surface area (Å²) in [6, 6.07) is 7.02. The minimum Gasteiger partial charge on any atom is -0.497 e. The molecular weight excluding hydrogens is 320 g/mol. The average Bonchev–Trinajstić information content (AvgIpc) is 3.01. The maximum Gasteiger partial charge on any atom is 0.410 e. The standard InChI is InChI=1S/C19H26N2O4/c1-24-16-9-7-14(8-10-16)11-20-18(22)17-13-25-19(23)21(17)12-15-5-3-2-4-6-15/h7-10,15,17H,2-6,11-13H2,1H3,(H,20,22)/t17-/m0/s1. The summed E-state index contributed by atoms with van der Waals surface area (Å²) in [5.74, 6) is 1.11. The largest absolute Gasteiger partial charge is 0.497 e. The molecule has 1 aromatic carbocycles. The van der Waals surface area contributed by atoms with Gasteiger partial charge in [-0.3, -0.25) is 9.69 Å². The Morgan fingerprint density at radius 3 is 2.64 bits per heavy atom. The van der Waals surface area contributed by atoms with Crippen molar-refractivity contribution in [2.45, 2.75) is 44.7 Å². The number of nitrogens with one attached hydrogen (secondary N) is 1. The summed E-state index contributed by atoms with van der Waals surface area (Å²) < 4.78 is 10.3. The second kappa shape index (κ2) is 8.23. The fourth-order valence-corrected chi connectivity index (χ4v) is 3.57. The van der Waals surface area contributed by atoms with Crippen LogP contribution in [0.1, 0.15) is 37.7 Å². The molecule has 1 heterocycles. The van der Waals surface area contributed by atoms with E-state index in [4.69, 9.17) is 9.47 Å². The van der Waals surface area contributed by atoms with E-state index < -0.39 is 6.04 Å². The van der Waals surface area contributed by atoms with Crippen molar-refractivity contribution < 1.29 is 19.1 Å². The normalized spacial score (nSPS) is 21.1. The number of carbonyl (C=O) groups is 2. The van der Waals surface area contributed by atoms with Gasteiger partial charge >= 0.3 is 6.09 Å². The summed E-state index contributed by atoms with van der Waals surface area (Å²) >= 11 is 0. The maximum atomic E-state index is 12.5. The van der Waals surface area contributed by atoms with E-state index in [-0.39, 0.29) is 18.6 Å². The summed E-state index contributed by atoms with van der Waals surface area (Å²) in [6.45, 7) is 1.18. The maximum absolute atomic E-state index is 12.5. The Bertz CT molecular complexity index is 596. The zero-order valence-electron chi connectivity index (χ0n) is 14.7. The first kappa shape index (κ1) is 17.6. The van der Waals surface area contributed by atoms with Gasteiger partial charge in [-0.15, -0.1) is 0 Å². The van der Waals surface area contributed by atoms with Crippen LogP contribution in [0.4, 0.5) is 4.79 Å². The van der Waals surface area contributed by atoms with Crippen molar-refractivity contribution in [1.29, 1.82) is 0 Å². The van der Waals surface area contributed by atoms with Crippen LogP contribution in [0.3, 0.4) is 0 Å². The number of rotatable bonds is 6. The highest BCUT2D eigenvalue weighted by Gasteiger charge is 2.39. The Labute approximate surface area is 148 Å². The van der Waals surface area contributed by atoms with E-state index in [0.717, 1.165) is 24.2 Å². The van der Waals surface area contributed by atoms with Crippen LogP contribution in [-0.2, 0) is 16.1 Å². The molecule has 0 spiro atoms. The van der Waals surface area contributed by atoms with E-state index in [1.807, 2.05) is 24.3 Å². The number of benzene rings is 1. The van der Waals surface area contributed by atoms with Crippen LogP contribution < -0.4 is 10.1 Å². The number of hydrogen-bond donors (Lipinski definition) is 1. The number of amides is 2. The van der Waals surface area contributed by atoms with Crippen LogP contribution in [0.15, 0.2) is 24.3 Å². The van der Waals surface area contributed by atoms with Gasteiger partial charge in [-0.2, -0.15) is 0 Å². The molecule has 2 aliphatic rings. The predicted octanol–water partition coefficient (Wildman–Crippen LogP) is 2.71. The fraction of sp³-hybridized carbons (Fsp3) is 0.579. The van der Waals surface area contributed by atoms with Gasteiger partial charge in [0.05, 0.1) is 7.11 Å². The lowest BCUT2D eigenvalue weighted by Crippen LogP contribution is -2.47. The molecule has 25 heavy (non-hydrogen) atoms. The minimum atomic E-state index is -0.521. The SMILES string of the molecule is COc1ccc(CNC(=O)[C@@H]2COC(=O)N2CC2CCCCC2)cc1. The molecule has 2 fully saturated rings. The van der Waals surface area contributed by atoms with Gasteiger partial charge in [0.15, 0.2) is 0 Å². The van der Waals surface area contributed by atoms with Crippen LogP contribution in [-0.4, -0.2) is 43.2 Å². The Hall–Kier alpha value is -2.24. The third-order valence-corrected chi connectivity index (χ3v) is 5.08. The highest BCUT2D eigenvalue weighted by atomic mass is 16.6. The lowest BCUT2D eigenvalue weighted by atomic mass is 9.89. The Kier molecular flexibility index (Phi) is 5.79. The number of methoxy groups -OCH3 is 1. The Morgan fingerprint density at radius 1 is 1.24 bits per heavy atom. The van der Waals surface area contributed by atoms with Crippen LogP contribution in [0.5, 0.6) is 5.75 Å². The first-order valence-electron chi connectivity index (χ1n) is 9.01. The van der Waals surface area contributed by atoms with E-state index >= 15 is 0 Å². The third-order valence-electron chi connectivity index (χ3n) is 5.08. The van der Waals surface area contributed by atoms with Crippen molar-refractivity contribution in [3.63, 3.8) is 0 Å².